The third kappa shape index (κ3) is 3.77. The van der Waals surface area contributed by atoms with Gasteiger partial charge in [0, 0.05) is 5.69 Å². The molecule has 3 rings (SSSR count). The summed E-state index contributed by atoms with van der Waals surface area (Å²) >= 11 is 0. The number of carbonyl (C=O) groups is 3. The van der Waals surface area contributed by atoms with Crippen molar-refractivity contribution >= 4 is 23.5 Å². The van der Waals surface area contributed by atoms with Crippen LogP contribution in [0.4, 0.5) is 5.69 Å². The average molecular weight is 340 g/mol. The molecule has 1 fully saturated rings. The predicted octanol–water partition coefficient (Wildman–Crippen LogP) is 2.24. The molecule has 0 aromatic heterocycles. The number of primary amides is 1. The van der Waals surface area contributed by atoms with Crippen molar-refractivity contribution in [1.82, 2.24) is 0 Å². The zero-order valence-corrected chi connectivity index (χ0v) is 13.1. The number of ether oxygens (including phenoxy) is 1. The van der Waals surface area contributed by atoms with Gasteiger partial charge in [0.15, 0.2) is 0 Å². The number of hydrogen-bond donors (Lipinski definition) is 3. The summed E-state index contributed by atoms with van der Waals surface area (Å²) in [6.45, 7) is 0. The zero-order chi connectivity index (χ0) is 18.0. The van der Waals surface area contributed by atoms with Crippen molar-refractivity contribution in [3.8, 4) is 11.5 Å². The first-order chi connectivity index (χ1) is 12.0. The maximum absolute atomic E-state index is 11.9. The number of aliphatic carboxylic acids is 1. The first-order valence-electron chi connectivity index (χ1n) is 7.66. The van der Waals surface area contributed by atoms with Gasteiger partial charge < -0.3 is 20.9 Å². The molecule has 2 aromatic rings. The number of benzene rings is 2. The van der Waals surface area contributed by atoms with Crippen molar-refractivity contribution in [2.45, 2.75) is 6.42 Å². The van der Waals surface area contributed by atoms with Gasteiger partial charge in [-0.05, 0) is 42.8 Å². The highest BCUT2D eigenvalue weighted by atomic mass is 16.5. The summed E-state index contributed by atoms with van der Waals surface area (Å²) < 4.78 is 5.65. The smallest absolute Gasteiger partial charge is 0.307 e. The maximum atomic E-state index is 11.9. The molecule has 2 unspecified atom stereocenters. The van der Waals surface area contributed by atoms with Gasteiger partial charge in [0.1, 0.15) is 11.5 Å². The van der Waals surface area contributed by atoms with E-state index in [1.54, 1.807) is 48.5 Å². The van der Waals surface area contributed by atoms with Crippen molar-refractivity contribution < 1.29 is 24.2 Å². The Hall–Kier alpha value is -3.35. The fourth-order valence-electron chi connectivity index (χ4n) is 2.49. The predicted molar refractivity (Wildman–Crippen MR) is 89.3 cm³/mol. The molecule has 1 aliphatic rings. The number of carboxylic acid groups (broad SMARTS) is 1. The molecule has 1 aliphatic carbocycles. The van der Waals surface area contributed by atoms with Crippen LogP contribution in [0.1, 0.15) is 16.8 Å². The number of rotatable bonds is 6. The van der Waals surface area contributed by atoms with Crippen LogP contribution in [0.3, 0.4) is 0 Å². The molecule has 4 N–H and O–H groups in total. The Kier molecular flexibility index (Phi) is 4.38. The van der Waals surface area contributed by atoms with Crippen LogP contribution in [0, 0.1) is 11.8 Å². The largest absolute Gasteiger partial charge is 0.481 e. The number of anilines is 1. The lowest BCUT2D eigenvalue weighted by molar-refractivity contribution is -0.139. The van der Waals surface area contributed by atoms with Gasteiger partial charge in [-0.3, -0.25) is 14.4 Å². The molecule has 2 amide bonds. The van der Waals surface area contributed by atoms with E-state index in [0.29, 0.717) is 23.6 Å². The molecular formula is C18H16N2O5. The second-order valence-corrected chi connectivity index (χ2v) is 5.76. The quantitative estimate of drug-likeness (QED) is 0.745. The van der Waals surface area contributed by atoms with Gasteiger partial charge in [0.05, 0.1) is 17.4 Å². The summed E-state index contributed by atoms with van der Waals surface area (Å²) in [6.07, 6.45) is 0.367. The van der Waals surface area contributed by atoms with Gasteiger partial charge in [0.2, 0.25) is 5.91 Å². The van der Waals surface area contributed by atoms with Crippen molar-refractivity contribution in [3.05, 3.63) is 54.1 Å². The van der Waals surface area contributed by atoms with Gasteiger partial charge in [-0.2, -0.15) is 0 Å². The highest BCUT2D eigenvalue weighted by molar-refractivity contribution is 5.98. The van der Waals surface area contributed by atoms with Crippen molar-refractivity contribution in [2.75, 3.05) is 5.32 Å². The third-order valence-electron chi connectivity index (χ3n) is 3.95. The number of hydrogen-bond acceptors (Lipinski definition) is 4. The normalized spacial score (nSPS) is 18.2. The molecule has 0 heterocycles. The van der Waals surface area contributed by atoms with Gasteiger partial charge in [0.25, 0.3) is 5.91 Å². The van der Waals surface area contributed by atoms with E-state index in [1.165, 1.54) is 0 Å². The number of amides is 2. The van der Waals surface area contributed by atoms with Crippen molar-refractivity contribution in [1.29, 1.82) is 0 Å². The summed E-state index contributed by atoms with van der Waals surface area (Å²) in [4.78, 5) is 34.1. The fourth-order valence-corrected chi connectivity index (χ4v) is 2.49. The Labute approximate surface area is 143 Å². The Morgan fingerprint density at radius 2 is 1.72 bits per heavy atom. The lowest BCUT2D eigenvalue weighted by atomic mass is 10.2. The summed E-state index contributed by atoms with van der Waals surface area (Å²) in [5, 5.41) is 11.5. The summed E-state index contributed by atoms with van der Waals surface area (Å²) in [6, 6.07) is 13.2. The van der Waals surface area contributed by atoms with E-state index in [0.717, 1.165) is 0 Å². The molecule has 25 heavy (non-hydrogen) atoms. The highest BCUT2D eigenvalue weighted by Gasteiger charge is 2.48. The summed E-state index contributed by atoms with van der Waals surface area (Å²) in [7, 11) is 0. The minimum Gasteiger partial charge on any atom is -0.481 e. The first-order valence-corrected chi connectivity index (χ1v) is 7.66. The van der Waals surface area contributed by atoms with Crippen LogP contribution in [-0.2, 0) is 9.59 Å². The van der Waals surface area contributed by atoms with Crippen LogP contribution < -0.4 is 15.8 Å². The monoisotopic (exact) mass is 340 g/mol. The average Bonchev–Trinajstić information content (AvgIpc) is 3.38. The minimum absolute atomic E-state index is 0.272. The number of nitrogens with two attached hydrogens (primary N) is 1. The highest BCUT2D eigenvalue weighted by Crippen LogP contribution is 2.39. The third-order valence-corrected chi connectivity index (χ3v) is 3.95. The van der Waals surface area contributed by atoms with Crippen molar-refractivity contribution in [2.24, 2.45) is 17.6 Å². The van der Waals surface area contributed by atoms with Crippen LogP contribution in [-0.4, -0.2) is 22.9 Å². The second kappa shape index (κ2) is 6.64. The molecule has 1 saturated carbocycles. The standard InChI is InChI=1S/C18H16N2O5/c19-16(21)12-3-1-2-4-15(12)25-11-7-5-10(6-8-11)20-17(22)13-9-14(13)18(23)24/h1-8,13-14H,9H2,(H2,19,21)(H,20,22)(H,23,24). The molecular weight excluding hydrogens is 324 g/mol. The summed E-state index contributed by atoms with van der Waals surface area (Å²) in [5.74, 6) is -2.09. The molecule has 7 nitrogen and oxygen atoms in total. The van der Waals surface area contributed by atoms with E-state index >= 15 is 0 Å². The van der Waals surface area contributed by atoms with E-state index < -0.39 is 23.7 Å². The number of carbonyl (C=O) groups excluding carboxylic acids is 2. The zero-order valence-electron chi connectivity index (χ0n) is 13.1. The first kappa shape index (κ1) is 16.5. The number of nitrogens with one attached hydrogen (secondary N) is 1. The van der Waals surface area contributed by atoms with Crippen LogP contribution in [0.15, 0.2) is 48.5 Å². The van der Waals surface area contributed by atoms with E-state index in [1.807, 2.05) is 0 Å². The van der Waals surface area contributed by atoms with Crippen LogP contribution in [0.2, 0.25) is 0 Å². The Morgan fingerprint density at radius 3 is 2.32 bits per heavy atom. The molecule has 0 radical (unpaired) electrons. The van der Waals surface area contributed by atoms with E-state index in [9.17, 15) is 14.4 Å². The second-order valence-electron chi connectivity index (χ2n) is 5.76. The van der Waals surface area contributed by atoms with Gasteiger partial charge in [-0.15, -0.1) is 0 Å². The molecule has 0 spiro atoms. The molecule has 0 saturated heterocycles. The molecule has 2 aromatic carbocycles. The van der Waals surface area contributed by atoms with Gasteiger partial charge in [-0.25, -0.2) is 0 Å². The van der Waals surface area contributed by atoms with E-state index in [-0.39, 0.29) is 11.5 Å². The lowest BCUT2D eigenvalue weighted by Crippen LogP contribution is -2.16. The van der Waals surface area contributed by atoms with Gasteiger partial charge in [-0.1, -0.05) is 12.1 Å². The molecule has 128 valence electrons. The number of carboxylic acids is 1. The summed E-state index contributed by atoms with van der Waals surface area (Å²) in [5.41, 5.74) is 6.12. The molecule has 2 atom stereocenters. The van der Waals surface area contributed by atoms with Crippen molar-refractivity contribution in [3.63, 3.8) is 0 Å². The van der Waals surface area contributed by atoms with E-state index in [4.69, 9.17) is 15.6 Å². The van der Waals surface area contributed by atoms with Crippen LogP contribution in [0.5, 0.6) is 11.5 Å². The molecule has 7 heteroatoms. The van der Waals surface area contributed by atoms with E-state index in [2.05, 4.69) is 5.32 Å². The Balaban J connectivity index is 1.64. The topological polar surface area (TPSA) is 119 Å². The number of para-hydroxylation sites is 1. The Morgan fingerprint density at radius 1 is 1.04 bits per heavy atom. The maximum Gasteiger partial charge on any atom is 0.307 e. The SMILES string of the molecule is NC(=O)c1ccccc1Oc1ccc(NC(=O)C2CC2C(=O)O)cc1. The fraction of sp³-hybridized carbons (Fsp3) is 0.167. The molecule has 0 aliphatic heterocycles. The lowest BCUT2D eigenvalue weighted by Gasteiger charge is -2.10. The Bertz CT molecular complexity index is 832. The van der Waals surface area contributed by atoms with Gasteiger partial charge >= 0.3 is 5.97 Å². The minimum atomic E-state index is -0.947. The van der Waals surface area contributed by atoms with Crippen LogP contribution >= 0.6 is 0 Å². The van der Waals surface area contributed by atoms with Crippen LogP contribution in [0.25, 0.3) is 0 Å². The molecule has 0 bridgehead atoms.